The van der Waals surface area contributed by atoms with Crippen LogP contribution in [0.4, 0.5) is 11.4 Å². The van der Waals surface area contributed by atoms with Gasteiger partial charge in [0.2, 0.25) is 0 Å². The van der Waals surface area contributed by atoms with E-state index in [1.54, 1.807) is 0 Å². The Labute approximate surface area is 207 Å². The average molecular weight is 476 g/mol. The number of aromatic nitrogens is 1. The van der Waals surface area contributed by atoms with Crippen molar-refractivity contribution in [3.05, 3.63) is 59.8 Å². The first-order valence-electron chi connectivity index (χ1n) is 12.9. The summed E-state index contributed by atoms with van der Waals surface area (Å²) in [5, 5.41) is 14.4. The van der Waals surface area contributed by atoms with Crippen LogP contribution >= 0.6 is 0 Å². The van der Waals surface area contributed by atoms with Gasteiger partial charge in [-0.2, -0.15) is 0 Å². The fourth-order valence-electron chi connectivity index (χ4n) is 5.49. The number of fused-ring (bicyclic) bond motifs is 1. The Hall–Kier alpha value is -3.03. The Morgan fingerprint density at radius 3 is 2.66 bits per heavy atom. The highest BCUT2D eigenvalue weighted by molar-refractivity contribution is 5.99. The van der Waals surface area contributed by atoms with Gasteiger partial charge in [-0.05, 0) is 61.9 Å². The lowest BCUT2D eigenvalue weighted by Crippen LogP contribution is -2.44. The maximum Gasteiger partial charge on any atom is 0.267 e. The maximum atomic E-state index is 13.3. The third kappa shape index (κ3) is 5.31. The number of hydrogen-bond donors (Lipinski definition) is 3. The van der Waals surface area contributed by atoms with Gasteiger partial charge < -0.3 is 30.5 Å². The lowest BCUT2D eigenvalue weighted by Gasteiger charge is -2.34. The molecule has 0 spiro atoms. The van der Waals surface area contributed by atoms with Crippen molar-refractivity contribution in [2.75, 3.05) is 50.4 Å². The smallest absolute Gasteiger partial charge is 0.267 e. The molecule has 7 nitrogen and oxygen atoms in total. The molecule has 1 aromatic heterocycles. The molecular formula is C28H37N5O2. The summed E-state index contributed by atoms with van der Waals surface area (Å²) >= 11 is 0. The molecule has 2 aromatic carbocycles. The highest BCUT2D eigenvalue weighted by atomic mass is 16.3. The normalized spacial score (nSPS) is 21.4. The predicted octanol–water partition coefficient (Wildman–Crippen LogP) is 3.30. The topological polar surface area (TPSA) is 86.8 Å². The largest absolute Gasteiger partial charge is 0.399 e. The van der Waals surface area contributed by atoms with Crippen LogP contribution in [-0.4, -0.2) is 66.4 Å². The monoisotopic (exact) mass is 475 g/mol. The number of likely N-dealkylation sites (N-methyl/N-ethyl adjacent to an activating group) is 1. The van der Waals surface area contributed by atoms with Gasteiger partial charge in [0.15, 0.2) is 0 Å². The zero-order valence-corrected chi connectivity index (χ0v) is 20.6. The maximum absolute atomic E-state index is 13.3. The van der Waals surface area contributed by atoms with Gasteiger partial charge in [0.05, 0.1) is 6.10 Å². The third-order valence-corrected chi connectivity index (χ3v) is 7.67. The van der Waals surface area contributed by atoms with Gasteiger partial charge in [0.25, 0.3) is 5.91 Å². The van der Waals surface area contributed by atoms with Crippen LogP contribution in [0.25, 0.3) is 10.9 Å². The summed E-state index contributed by atoms with van der Waals surface area (Å²) < 4.78 is 2.09. The number of rotatable bonds is 6. The van der Waals surface area contributed by atoms with Gasteiger partial charge in [0.1, 0.15) is 5.69 Å². The van der Waals surface area contributed by atoms with Crippen LogP contribution in [0.1, 0.15) is 41.7 Å². The van der Waals surface area contributed by atoms with Crippen molar-refractivity contribution in [3.8, 4) is 0 Å². The highest BCUT2D eigenvalue weighted by Gasteiger charge is 2.24. The number of aliphatic hydroxyl groups is 1. The molecule has 1 saturated heterocycles. The molecule has 35 heavy (non-hydrogen) atoms. The van der Waals surface area contributed by atoms with Gasteiger partial charge in [-0.25, -0.2) is 0 Å². The molecular weight excluding hydrogens is 438 g/mol. The second kappa shape index (κ2) is 10.3. The van der Waals surface area contributed by atoms with Crippen molar-refractivity contribution in [2.45, 2.75) is 38.3 Å². The molecule has 1 amide bonds. The summed E-state index contributed by atoms with van der Waals surface area (Å²) in [5.74, 6) is 0.0224. The quantitative estimate of drug-likeness (QED) is 0.476. The first-order valence-corrected chi connectivity index (χ1v) is 12.9. The molecule has 0 radical (unpaired) electrons. The standard InChI is InChI=1S/C28H37N5O2/c1-31-11-13-32(14-12-31)24-7-4-5-20(15-24)19-33-25-10-9-23(29)16-22(25)17-26(33)28(35)30-18-21-6-2-3-8-27(21)34/h4-5,7,9-10,15-17,21,27,34H,2-3,6,8,11-14,18-19,29H2,1H3,(H,30,35)/t21-,27+/m1/s1. The molecule has 3 aromatic rings. The summed E-state index contributed by atoms with van der Waals surface area (Å²) in [5.41, 5.74) is 10.7. The van der Waals surface area contributed by atoms with Gasteiger partial charge >= 0.3 is 0 Å². The number of hydrogen-bond acceptors (Lipinski definition) is 5. The second-order valence-electron chi connectivity index (χ2n) is 10.2. The molecule has 1 aliphatic carbocycles. The molecule has 7 heteroatoms. The molecule has 2 heterocycles. The van der Waals surface area contributed by atoms with E-state index in [1.807, 2.05) is 24.3 Å². The summed E-state index contributed by atoms with van der Waals surface area (Å²) in [4.78, 5) is 18.1. The first kappa shape index (κ1) is 23.7. The van der Waals surface area contributed by atoms with E-state index in [1.165, 1.54) is 5.69 Å². The van der Waals surface area contributed by atoms with Crippen molar-refractivity contribution in [2.24, 2.45) is 5.92 Å². The van der Waals surface area contributed by atoms with Crippen LogP contribution in [0.15, 0.2) is 48.5 Å². The average Bonchev–Trinajstić information content (AvgIpc) is 3.21. The number of nitrogen functional groups attached to an aromatic ring is 1. The number of carbonyl (C=O) groups is 1. The van der Waals surface area contributed by atoms with E-state index in [4.69, 9.17) is 5.73 Å². The van der Waals surface area contributed by atoms with Crippen LogP contribution in [0, 0.1) is 5.92 Å². The molecule has 0 bridgehead atoms. The van der Waals surface area contributed by atoms with Crippen molar-refractivity contribution < 1.29 is 9.90 Å². The van der Waals surface area contributed by atoms with Crippen LogP contribution in [-0.2, 0) is 6.54 Å². The molecule has 5 rings (SSSR count). The minimum Gasteiger partial charge on any atom is -0.399 e. The van der Waals surface area contributed by atoms with E-state index in [0.29, 0.717) is 24.5 Å². The zero-order chi connectivity index (χ0) is 24.4. The third-order valence-electron chi connectivity index (χ3n) is 7.67. The first-order chi connectivity index (χ1) is 17.0. The Morgan fingerprint density at radius 1 is 1.06 bits per heavy atom. The minimum absolute atomic E-state index is 0.104. The molecule has 4 N–H and O–H groups in total. The van der Waals surface area contributed by atoms with Crippen molar-refractivity contribution in [1.82, 2.24) is 14.8 Å². The van der Waals surface area contributed by atoms with Gasteiger partial charge in [-0.3, -0.25) is 4.79 Å². The lowest BCUT2D eigenvalue weighted by atomic mass is 9.86. The molecule has 2 atom stereocenters. The second-order valence-corrected chi connectivity index (χ2v) is 10.2. The number of benzene rings is 2. The summed E-state index contributed by atoms with van der Waals surface area (Å²) in [6.07, 6.45) is 3.63. The highest BCUT2D eigenvalue weighted by Crippen LogP contribution is 2.27. The molecule has 186 valence electrons. The molecule has 1 saturated carbocycles. The van der Waals surface area contributed by atoms with Gasteiger partial charge in [-0.1, -0.05) is 25.0 Å². The lowest BCUT2D eigenvalue weighted by molar-refractivity contribution is 0.0661. The number of amides is 1. The molecule has 1 aliphatic heterocycles. The number of aliphatic hydroxyl groups excluding tert-OH is 1. The van der Waals surface area contributed by atoms with Crippen molar-refractivity contribution >= 4 is 28.2 Å². The van der Waals surface area contributed by atoms with Crippen LogP contribution in [0.2, 0.25) is 0 Å². The van der Waals surface area contributed by atoms with E-state index in [-0.39, 0.29) is 17.9 Å². The number of anilines is 2. The number of nitrogens with two attached hydrogens (primary N) is 1. The molecule has 2 aliphatic rings. The van der Waals surface area contributed by atoms with E-state index >= 15 is 0 Å². The zero-order valence-electron chi connectivity index (χ0n) is 20.6. The van der Waals surface area contributed by atoms with E-state index in [0.717, 1.165) is 68.3 Å². The number of carbonyl (C=O) groups excluding carboxylic acids is 1. The van der Waals surface area contributed by atoms with Crippen LogP contribution in [0.3, 0.4) is 0 Å². The Balaban J connectivity index is 1.39. The van der Waals surface area contributed by atoms with Crippen LogP contribution < -0.4 is 16.0 Å². The number of nitrogens with zero attached hydrogens (tertiary/aromatic N) is 3. The SMILES string of the molecule is CN1CCN(c2cccc(Cn3c(C(=O)NC[C@H]4CCCC[C@@H]4O)cc4cc(N)ccc43)c2)CC1. The fraction of sp³-hybridized carbons (Fsp3) is 0.464. The van der Waals surface area contributed by atoms with Gasteiger partial charge in [-0.15, -0.1) is 0 Å². The van der Waals surface area contributed by atoms with E-state index in [2.05, 4.69) is 51.0 Å². The Morgan fingerprint density at radius 2 is 1.86 bits per heavy atom. The Bertz CT molecular complexity index is 1180. The van der Waals surface area contributed by atoms with Gasteiger partial charge in [0, 0.05) is 67.5 Å². The van der Waals surface area contributed by atoms with E-state index < -0.39 is 0 Å². The molecule has 2 fully saturated rings. The van der Waals surface area contributed by atoms with Crippen molar-refractivity contribution in [1.29, 1.82) is 0 Å². The van der Waals surface area contributed by atoms with E-state index in [9.17, 15) is 9.90 Å². The fourth-order valence-corrected chi connectivity index (χ4v) is 5.49. The molecule has 0 unspecified atom stereocenters. The summed E-state index contributed by atoms with van der Waals surface area (Å²) in [6.45, 7) is 5.27. The predicted molar refractivity (Wildman–Crippen MR) is 142 cm³/mol. The van der Waals surface area contributed by atoms with Crippen molar-refractivity contribution in [3.63, 3.8) is 0 Å². The van der Waals surface area contributed by atoms with Crippen LogP contribution in [0.5, 0.6) is 0 Å². The summed E-state index contributed by atoms with van der Waals surface area (Å²) in [7, 11) is 2.17. The number of nitrogens with one attached hydrogen (secondary N) is 1. The number of piperazine rings is 1. The minimum atomic E-state index is -0.327. The Kier molecular flexibility index (Phi) is 6.97. The summed E-state index contributed by atoms with van der Waals surface area (Å²) in [6, 6.07) is 16.4.